The zero-order valence-corrected chi connectivity index (χ0v) is 16.2. The van der Waals surface area contributed by atoms with Crippen LogP contribution in [0.4, 0.5) is 11.6 Å². The molecule has 5 nitrogen and oxygen atoms in total. The first-order chi connectivity index (χ1) is 12.8. The van der Waals surface area contributed by atoms with E-state index in [4.69, 9.17) is 10.1 Å². The van der Waals surface area contributed by atoms with Gasteiger partial charge in [0.1, 0.15) is 5.82 Å². The fraction of sp³-hybridized carbons (Fsp3) is 0.381. The van der Waals surface area contributed by atoms with Crippen molar-refractivity contribution in [2.75, 3.05) is 29.9 Å². The number of hydrogen-bond donors (Lipinski definition) is 3. The number of aliphatic hydroxyl groups is 1. The molecule has 3 heterocycles. The van der Waals surface area contributed by atoms with E-state index in [2.05, 4.69) is 51.6 Å². The Kier molecular flexibility index (Phi) is 6.58. The quantitative estimate of drug-likeness (QED) is 0.594. The first kappa shape index (κ1) is 19.5. The van der Waals surface area contributed by atoms with Gasteiger partial charge in [0.05, 0.1) is 5.52 Å². The SMILES string of the molecule is Cl.OCCC1CCN(c2cc3cc[nH]c3c(NCc3ccccc3)n2)CC1. The minimum absolute atomic E-state index is 0. The predicted molar refractivity (Wildman–Crippen MR) is 114 cm³/mol. The number of anilines is 2. The van der Waals surface area contributed by atoms with Gasteiger partial charge in [-0.05, 0) is 42.9 Å². The molecule has 1 aliphatic rings. The van der Waals surface area contributed by atoms with Crippen molar-refractivity contribution < 1.29 is 5.11 Å². The molecule has 1 saturated heterocycles. The van der Waals surface area contributed by atoms with Crippen LogP contribution < -0.4 is 10.2 Å². The molecule has 3 N–H and O–H groups in total. The van der Waals surface area contributed by atoms with E-state index in [9.17, 15) is 0 Å². The van der Waals surface area contributed by atoms with Gasteiger partial charge in [-0.3, -0.25) is 0 Å². The molecule has 6 heteroatoms. The van der Waals surface area contributed by atoms with E-state index < -0.39 is 0 Å². The number of hydrogen-bond acceptors (Lipinski definition) is 4. The Bertz CT molecular complexity index is 844. The highest BCUT2D eigenvalue weighted by molar-refractivity contribution is 5.91. The molecule has 1 fully saturated rings. The van der Waals surface area contributed by atoms with E-state index in [1.807, 2.05) is 12.3 Å². The van der Waals surface area contributed by atoms with Crippen molar-refractivity contribution in [3.8, 4) is 0 Å². The van der Waals surface area contributed by atoms with Crippen molar-refractivity contribution in [1.82, 2.24) is 9.97 Å². The molecule has 1 aromatic carbocycles. The molecule has 0 unspecified atom stereocenters. The molecule has 0 saturated carbocycles. The number of piperidine rings is 1. The molecule has 0 bridgehead atoms. The lowest BCUT2D eigenvalue weighted by molar-refractivity contribution is 0.240. The van der Waals surface area contributed by atoms with Crippen LogP contribution in [0.15, 0.2) is 48.7 Å². The Labute approximate surface area is 166 Å². The van der Waals surface area contributed by atoms with Gasteiger partial charge in [0.15, 0.2) is 5.82 Å². The van der Waals surface area contributed by atoms with Crippen LogP contribution in [0.5, 0.6) is 0 Å². The fourth-order valence-electron chi connectivity index (χ4n) is 3.75. The number of pyridine rings is 1. The van der Waals surface area contributed by atoms with Crippen molar-refractivity contribution in [3.05, 3.63) is 54.2 Å². The summed E-state index contributed by atoms with van der Waals surface area (Å²) >= 11 is 0. The van der Waals surface area contributed by atoms with E-state index in [1.54, 1.807) is 0 Å². The third-order valence-corrected chi connectivity index (χ3v) is 5.31. The minimum Gasteiger partial charge on any atom is -0.396 e. The summed E-state index contributed by atoms with van der Waals surface area (Å²) in [6.45, 7) is 3.06. The molecule has 0 amide bonds. The molecular weight excluding hydrogens is 360 g/mol. The second-order valence-electron chi connectivity index (χ2n) is 7.05. The number of benzene rings is 1. The van der Waals surface area contributed by atoms with Crippen LogP contribution in [0.1, 0.15) is 24.8 Å². The average molecular weight is 387 g/mol. The molecule has 1 aliphatic heterocycles. The first-order valence-corrected chi connectivity index (χ1v) is 9.45. The van der Waals surface area contributed by atoms with Gasteiger partial charge >= 0.3 is 0 Å². The summed E-state index contributed by atoms with van der Waals surface area (Å²) in [7, 11) is 0. The van der Waals surface area contributed by atoms with Crippen LogP contribution in [0, 0.1) is 5.92 Å². The monoisotopic (exact) mass is 386 g/mol. The van der Waals surface area contributed by atoms with Gasteiger partial charge in [0.25, 0.3) is 0 Å². The maximum absolute atomic E-state index is 9.15. The van der Waals surface area contributed by atoms with Gasteiger partial charge in [-0.2, -0.15) is 0 Å². The number of rotatable bonds is 6. The third-order valence-electron chi connectivity index (χ3n) is 5.31. The van der Waals surface area contributed by atoms with Crippen molar-refractivity contribution in [2.24, 2.45) is 5.92 Å². The highest BCUT2D eigenvalue weighted by Gasteiger charge is 2.21. The Balaban J connectivity index is 0.00000210. The largest absolute Gasteiger partial charge is 0.396 e. The van der Waals surface area contributed by atoms with Crippen molar-refractivity contribution in [1.29, 1.82) is 0 Å². The number of halogens is 1. The summed E-state index contributed by atoms with van der Waals surface area (Å²) in [5, 5.41) is 13.8. The maximum Gasteiger partial charge on any atom is 0.153 e. The number of nitrogens with zero attached hydrogens (tertiary/aromatic N) is 2. The predicted octanol–water partition coefficient (Wildman–Crippen LogP) is 4.20. The number of aromatic nitrogens is 2. The van der Waals surface area contributed by atoms with Gasteiger partial charge in [-0.25, -0.2) is 4.98 Å². The number of aromatic amines is 1. The van der Waals surface area contributed by atoms with E-state index in [0.29, 0.717) is 12.5 Å². The number of aliphatic hydroxyl groups excluding tert-OH is 1. The van der Waals surface area contributed by atoms with E-state index in [-0.39, 0.29) is 12.4 Å². The molecule has 0 atom stereocenters. The average Bonchev–Trinajstić information content (AvgIpc) is 3.16. The molecule has 0 radical (unpaired) electrons. The van der Waals surface area contributed by atoms with Crippen molar-refractivity contribution >= 4 is 34.9 Å². The van der Waals surface area contributed by atoms with Crippen LogP contribution in [0.25, 0.3) is 10.9 Å². The van der Waals surface area contributed by atoms with Crippen LogP contribution in [-0.2, 0) is 6.54 Å². The van der Waals surface area contributed by atoms with E-state index in [1.165, 1.54) is 10.9 Å². The van der Waals surface area contributed by atoms with Crippen LogP contribution in [0.2, 0.25) is 0 Å². The lowest BCUT2D eigenvalue weighted by Gasteiger charge is -2.33. The highest BCUT2D eigenvalue weighted by atomic mass is 35.5. The van der Waals surface area contributed by atoms with Gasteiger partial charge in [-0.15, -0.1) is 12.4 Å². The van der Waals surface area contributed by atoms with Gasteiger partial charge < -0.3 is 20.3 Å². The summed E-state index contributed by atoms with van der Waals surface area (Å²) in [5.41, 5.74) is 2.30. The van der Waals surface area contributed by atoms with Crippen LogP contribution in [0.3, 0.4) is 0 Å². The van der Waals surface area contributed by atoms with Crippen molar-refractivity contribution in [3.63, 3.8) is 0 Å². The minimum atomic E-state index is 0. The van der Waals surface area contributed by atoms with Gasteiger partial charge in [0, 0.05) is 37.8 Å². The lowest BCUT2D eigenvalue weighted by Crippen LogP contribution is -2.34. The number of nitrogens with one attached hydrogen (secondary N) is 2. The third kappa shape index (κ3) is 4.54. The van der Waals surface area contributed by atoms with Gasteiger partial charge in [-0.1, -0.05) is 30.3 Å². The summed E-state index contributed by atoms with van der Waals surface area (Å²) in [5.74, 6) is 2.59. The Morgan fingerprint density at radius 2 is 1.93 bits per heavy atom. The first-order valence-electron chi connectivity index (χ1n) is 9.45. The van der Waals surface area contributed by atoms with Crippen LogP contribution in [-0.4, -0.2) is 34.8 Å². The Morgan fingerprint density at radius 1 is 1.15 bits per heavy atom. The van der Waals surface area contributed by atoms with E-state index in [0.717, 1.165) is 56.0 Å². The smallest absolute Gasteiger partial charge is 0.153 e. The lowest BCUT2D eigenvalue weighted by atomic mass is 9.94. The molecule has 4 rings (SSSR count). The Morgan fingerprint density at radius 3 is 2.67 bits per heavy atom. The normalized spacial score (nSPS) is 14.9. The fourth-order valence-corrected chi connectivity index (χ4v) is 3.75. The van der Waals surface area contributed by atoms with Crippen LogP contribution >= 0.6 is 12.4 Å². The molecule has 27 heavy (non-hydrogen) atoms. The van der Waals surface area contributed by atoms with Gasteiger partial charge in [0.2, 0.25) is 0 Å². The molecule has 2 aromatic heterocycles. The second-order valence-corrected chi connectivity index (χ2v) is 7.05. The topological polar surface area (TPSA) is 64.2 Å². The second kappa shape index (κ2) is 9.11. The zero-order chi connectivity index (χ0) is 17.8. The zero-order valence-electron chi connectivity index (χ0n) is 15.4. The molecule has 3 aromatic rings. The molecule has 0 spiro atoms. The maximum atomic E-state index is 9.15. The molecule has 144 valence electrons. The standard InChI is InChI=1S/C21H26N4O.ClH/c26-13-9-16-7-11-25(12-8-16)19-14-18-6-10-22-20(18)21(24-19)23-15-17-4-2-1-3-5-17;/h1-6,10,14,16,22,26H,7-9,11-13,15H2,(H,23,24);1H. The summed E-state index contributed by atoms with van der Waals surface area (Å²) < 4.78 is 0. The molecule has 0 aliphatic carbocycles. The van der Waals surface area contributed by atoms with Crippen molar-refractivity contribution in [2.45, 2.75) is 25.8 Å². The number of H-pyrrole nitrogens is 1. The summed E-state index contributed by atoms with van der Waals surface area (Å²) in [6.07, 6.45) is 5.14. The Hall–Kier alpha value is -2.24. The van der Waals surface area contributed by atoms with E-state index >= 15 is 0 Å². The summed E-state index contributed by atoms with van der Waals surface area (Å²) in [4.78, 5) is 10.6. The molecular formula is C21H27ClN4O. The highest BCUT2D eigenvalue weighted by Crippen LogP contribution is 2.29. The summed E-state index contributed by atoms with van der Waals surface area (Å²) in [6, 6.07) is 14.7. The number of fused-ring (bicyclic) bond motifs is 1.